The highest BCUT2D eigenvalue weighted by molar-refractivity contribution is 5.85. The molecule has 3 aromatic rings. The van der Waals surface area contributed by atoms with E-state index in [9.17, 15) is 0 Å². The van der Waals surface area contributed by atoms with Gasteiger partial charge in [-0.25, -0.2) is 4.98 Å². The molecule has 4 rings (SSSR count). The second kappa shape index (κ2) is 10.5. The van der Waals surface area contributed by atoms with Crippen LogP contribution in [0.2, 0.25) is 0 Å². The fourth-order valence-corrected chi connectivity index (χ4v) is 3.66. The third-order valence-corrected chi connectivity index (χ3v) is 5.16. The molecule has 7 heteroatoms. The highest BCUT2D eigenvalue weighted by Crippen LogP contribution is 2.24. The molecule has 1 aliphatic rings. The molecule has 2 aromatic carbocycles. The molecule has 0 amide bonds. The number of anilines is 4. The standard InChI is InChI=1S/C24H29N5O.ClH/c1-16-12-17(2)14-20(13-16)27-23-18(3)15-26-24(29-23)28-19-4-6-21(7-5-19)30-22-8-10-25-11-9-22;/h4-7,12-15,22,25H,8-11H2,1-3H3,(H2,26,27,28,29);1H. The van der Waals surface area contributed by atoms with Crippen molar-refractivity contribution in [2.75, 3.05) is 23.7 Å². The number of halogens is 1. The van der Waals surface area contributed by atoms with Gasteiger partial charge in [0.25, 0.3) is 0 Å². The van der Waals surface area contributed by atoms with Crippen LogP contribution in [0.5, 0.6) is 5.75 Å². The third-order valence-electron chi connectivity index (χ3n) is 5.16. The lowest BCUT2D eigenvalue weighted by Crippen LogP contribution is -2.34. The molecule has 3 N–H and O–H groups in total. The lowest BCUT2D eigenvalue weighted by Gasteiger charge is -2.23. The third kappa shape index (κ3) is 6.32. The van der Waals surface area contributed by atoms with Gasteiger partial charge in [0.15, 0.2) is 0 Å². The minimum Gasteiger partial charge on any atom is -0.490 e. The maximum absolute atomic E-state index is 6.07. The van der Waals surface area contributed by atoms with Gasteiger partial charge in [-0.1, -0.05) is 6.07 Å². The smallest absolute Gasteiger partial charge is 0.229 e. The molecule has 0 atom stereocenters. The maximum atomic E-state index is 6.07. The number of aromatic nitrogens is 2. The van der Waals surface area contributed by atoms with Gasteiger partial charge < -0.3 is 20.7 Å². The molecule has 2 heterocycles. The quantitative estimate of drug-likeness (QED) is 0.475. The largest absolute Gasteiger partial charge is 0.490 e. The summed E-state index contributed by atoms with van der Waals surface area (Å²) in [5, 5.41) is 10.1. The van der Waals surface area contributed by atoms with Crippen molar-refractivity contribution in [2.45, 2.75) is 39.7 Å². The molecule has 6 nitrogen and oxygen atoms in total. The molecule has 1 fully saturated rings. The molecule has 0 spiro atoms. The Labute approximate surface area is 190 Å². The second-order valence-corrected chi connectivity index (χ2v) is 7.94. The molecule has 0 aliphatic carbocycles. The Morgan fingerprint density at radius 2 is 1.58 bits per heavy atom. The summed E-state index contributed by atoms with van der Waals surface area (Å²) in [5.41, 5.74) is 5.38. The maximum Gasteiger partial charge on any atom is 0.229 e. The number of hydrogen-bond donors (Lipinski definition) is 3. The molecular formula is C24H30ClN5O. The van der Waals surface area contributed by atoms with Gasteiger partial charge in [-0.3, -0.25) is 0 Å². The van der Waals surface area contributed by atoms with Crippen molar-refractivity contribution < 1.29 is 4.74 Å². The van der Waals surface area contributed by atoms with Crippen molar-refractivity contribution in [1.82, 2.24) is 15.3 Å². The first-order valence-electron chi connectivity index (χ1n) is 10.5. The molecule has 0 radical (unpaired) electrons. The van der Waals surface area contributed by atoms with Crippen molar-refractivity contribution in [2.24, 2.45) is 0 Å². The predicted molar refractivity (Wildman–Crippen MR) is 129 cm³/mol. The SMILES string of the molecule is Cc1cc(C)cc(Nc2nc(Nc3ccc(OC4CCNCC4)cc3)ncc2C)c1.Cl. The number of piperidine rings is 1. The summed E-state index contributed by atoms with van der Waals surface area (Å²) in [6, 6.07) is 14.4. The average molecular weight is 440 g/mol. The van der Waals surface area contributed by atoms with Crippen LogP contribution in [0.15, 0.2) is 48.7 Å². The van der Waals surface area contributed by atoms with E-state index in [1.165, 1.54) is 11.1 Å². The molecule has 0 saturated carbocycles. The number of aryl methyl sites for hydroxylation is 3. The zero-order valence-electron chi connectivity index (χ0n) is 18.2. The van der Waals surface area contributed by atoms with Gasteiger partial charge >= 0.3 is 0 Å². The van der Waals surface area contributed by atoms with E-state index in [-0.39, 0.29) is 12.4 Å². The van der Waals surface area contributed by atoms with E-state index in [0.717, 1.165) is 54.4 Å². The van der Waals surface area contributed by atoms with Crippen LogP contribution in [-0.2, 0) is 0 Å². The molecule has 31 heavy (non-hydrogen) atoms. The average Bonchev–Trinajstić information content (AvgIpc) is 2.72. The van der Waals surface area contributed by atoms with Crippen LogP contribution in [0, 0.1) is 20.8 Å². The number of rotatable bonds is 6. The van der Waals surface area contributed by atoms with E-state index in [1.54, 1.807) is 0 Å². The summed E-state index contributed by atoms with van der Waals surface area (Å²) < 4.78 is 6.07. The molecule has 0 bridgehead atoms. The zero-order chi connectivity index (χ0) is 20.9. The number of nitrogens with zero attached hydrogens (tertiary/aromatic N) is 2. The van der Waals surface area contributed by atoms with Crippen LogP contribution < -0.4 is 20.7 Å². The van der Waals surface area contributed by atoms with Crippen molar-refractivity contribution in [3.63, 3.8) is 0 Å². The number of hydrogen-bond acceptors (Lipinski definition) is 6. The fraction of sp³-hybridized carbons (Fsp3) is 0.333. The zero-order valence-corrected chi connectivity index (χ0v) is 19.1. The summed E-state index contributed by atoms with van der Waals surface area (Å²) in [7, 11) is 0. The Morgan fingerprint density at radius 3 is 2.26 bits per heavy atom. The van der Waals surface area contributed by atoms with Crippen molar-refractivity contribution in [3.05, 3.63) is 65.4 Å². The van der Waals surface area contributed by atoms with E-state index in [0.29, 0.717) is 12.1 Å². The van der Waals surface area contributed by atoms with Crippen LogP contribution in [0.25, 0.3) is 0 Å². The van der Waals surface area contributed by atoms with Crippen LogP contribution in [0.4, 0.5) is 23.1 Å². The van der Waals surface area contributed by atoms with Gasteiger partial charge in [0, 0.05) is 23.1 Å². The van der Waals surface area contributed by atoms with E-state index >= 15 is 0 Å². The highest BCUT2D eigenvalue weighted by atomic mass is 35.5. The monoisotopic (exact) mass is 439 g/mol. The minimum atomic E-state index is 0. The highest BCUT2D eigenvalue weighted by Gasteiger charge is 2.14. The first-order valence-corrected chi connectivity index (χ1v) is 10.5. The molecular weight excluding hydrogens is 410 g/mol. The van der Waals surface area contributed by atoms with E-state index in [4.69, 9.17) is 4.74 Å². The molecule has 164 valence electrons. The van der Waals surface area contributed by atoms with Crippen LogP contribution in [0.3, 0.4) is 0 Å². The molecule has 0 unspecified atom stereocenters. The van der Waals surface area contributed by atoms with Crippen molar-refractivity contribution >= 4 is 35.5 Å². The fourth-order valence-electron chi connectivity index (χ4n) is 3.66. The van der Waals surface area contributed by atoms with Gasteiger partial charge in [-0.05, 0) is 94.2 Å². The van der Waals surface area contributed by atoms with E-state index in [1.807, 2.05) is 37.4 Å². The van der Waals surface area contributed by atoms with Gasteiger partial charge in [0.05, 0.1) is 0 Å². The molecule has 1 saturated heterocycles. The first kappa shape index (κ1) is 22.8. The number of ether oxygens (including phenoxy) is 1. The number of nitrogens with one attached hydrogen (secondary N) is 3. The first-order chi connectivity index (χ1) is 14.5. The Morgan fingerprint density at radius 1 is 0.903 bits per heavy atom. The Hall–Kier alpha value is -2.83. The minimum absolute atomic E-state index is 0. The topological polar surface area (TPSA) is 71.1 Å². The summed E-state index contributed by atoms with van der Waals surface area (Å²) in [5.74, 6) is 2.25. The predicted octanol–water partition coefficient (Wildman–Crippen LogP) is 5.44. The van der Waals surface area contributed by atoms with Crippen LogP contribution in [0.1, 0.15) is 29.5 Å². The molecule has 1 aromatic heterocycles. The Bertz CT molecular complexity index is 983. The Balaban J connectivity index is 0.00000272. The summed E-state index contributed by atoms with van der Waals surface area (Å²) in [4.78, 5) is 9.09. The van der Waals surface area contributed by atoms with E-state index < -0.39 is 0 Å². The van der Waals surface area contributed by atoms with Gasteiger partial charge in [-0.15, -0.1) is 12.4 Å². The van der Waals surface area contributed by atoms with Gasteiger partial charge in [-0.2, -0.15) is 4.98 Å². The normalized spacial score (nSPS) is 13.9. The van der Waals surface area contributed by atoms with Crippen molar-refractivity contribution in [1.29, 1.82) is 0 Å². The van der Waals surface area contributed by atoms with Gasteiger partial charge in [0.1, 0.15) is 17.7 Å². The van der Waals surface area contributed by atoms with Gasteiger partial charge in [0.2, 0.25) is 5.95 Å². The van der Waals surface area contributed by atoms with Crippen LogP contribution >= 0.6 is 12.4 Å². The summed E-state index contributed by atoms with van der Waals surface area (Å²) >= 11 is 0. The lowest BCUT2D eigenvalue weighted by molar-refractivity contribution is 0.162. The Kier molecular flexibility index (Phi) is 7.71. The lowest BCUT2D eigenvalue weighted by atomic mass is 10.1. The molecule has 1 aliphatic heterocycles. The van der Waals surface area contributed by atoms with Crippen molar-refractivity contribution in [3.8, 4) is 5.75 Å². The van der Waals surface area contributed by atoms with Crippen LogP contribution in [-0.4, -0.2) is 29.2 Å². The summed E-state index contributed by atoms with van der Waals surface area (Å²) in [6.45, 7) is 8.23. The van der Waals surface area contributed by atoms with E-state index in [2.05, 4.69) is 58.0 Å². The summed E-state index contributed by atoms with van der Waals surface area (Å²) in [6.07, 6.45) is 4.22. The second-order valence-electron chi connectivity index (χ2n) is 7.94. The number of benzene rings is 2.